The minimum atomic E-state index is -3.79. The zero-order valence-electron chi connectivity index (χ0n) is 20.1. The molecule has 3 aromatic carbocycles. The number of benzene rings is 3. The summed E-state index contributed by atoms with van der Waals surface area (Å²) in [5.74, 6) is 0.0519. The molecule has 0 aromatic heterocycles. The third kappa shape index (κ3) is 6.54. The van der Waals surface area contributed by atoms with Crippen molar-refractivity contribution in [2.45, 2.75) is 11.3 Å². The Labute approximate surface area is 225 Å². The van der Waals surface area contributed by atoms with Gasteiger partial charge < -0.3 is 14.5 Å². The fourth-order valence-electron chi connectivity index (χ4n) is 4.11. The molecule has 3 aromatic rings. The SMILES string of the molecule is COc1ccc(S(=O)(=O)NCCc2ccc(F)cc2)cc1N1CCN(C(=O)c2ccc(Cl)c(Cl)c2)CC1. The zero-order chi connectivity index (χ0) is 26.6. The molecule has 1 aliphatic rings. The molecule has 1 amide bonds. The fourth-order valence-corrected chi connectivity index (χ4v) is 5.46. The number of hydrogen-bond acceptors (Lipinski definition) is 5. The average molecular weight is 566 g/mol. The van der Waals surface area contributed by atoms with Gasteiger partial charge in [0.1, 0.15) is 11.6 Å². The number of nitrogens with one attached hydrogen (secondary N) is 1. The van der Waals surface area contributed by atoms with E-state index >= 15 is 0 Å². The van der Waals surface area contributed by atoms with Gasteiger partial charge in [0.15, 0.2) is 0 Å². The molecule has 0 saturated carbocycles. The van der Waals surface area contributed by atoms with E-state index in [0.29, 0.717) is 59.6 Å². The van der Waals surface area contributed by atoms with Crippen LogP contribution in [0.4, 0.5) is 10.1 Å². The van der Waals surface area contributed by atoms with E-state index < -0.39 is 10.0 Å². The number of ether oxygens (including phenoxy) is 1. The Bertz CT molecular complexity index is 1380. The molecule has 4 rings (SSSR count). The van der Waals surface area contributed by atoms with Gasteiger partial charge >= 0.3 is 0 Å². The van der Waals surface area contributed by atoms with Crippen LogP contribution in [-0.4, -0.2) is 59.1 Å². The Morgan fingerprint density at radius 3 is 2.32 bits per heavy atom. The minimum absolute atomic E-state index is 0.108. The van der Waals surface area contributed by atoms with Crippen molar-refractivity contribution in [3.63, 3.8) is 0 Å². The molecule has 0 radical (unpaired) electrons. The summed E-state index contributed by atoms with van der Waals surface area (Å²) in [7, 11) is -2.26. The van der Waals surface area contributed by atoms with Gasteiger partial charge in [0, 0.05) is 38.3 Å². The monoisotopic (exact) mass is 565 g/mol. The van der Waals surface area contributed by atoms with E-state index in [1.54, 1.807) is 47.4 Å². The molecule has 0 aliphatic carbocycles. The van der Waals surface area contributed by atoms with Crippen molar-refractivity contribution in [2.24, 2.45) is 0 Å². The summed E-state index contributed by atoms with van der Waals surface area (Å²) in [5.41, 5.74) is 1.92. The molecule has 7 nitrogen and oxygen atoms in total. The van der Waals surface area contributed by atoms with E-state index in [2.05, 4.69) is 4.72 Å². The Hall–Kier alpha value is -2.85. The molecule has 0 bridgehead atoms. The molecular formula is C26H26Cl2FN3O4S. The number of sulfonamides is 1. The Morgan fingerprint density at radius 2 is 1.68 bits per heavy atom. The van der Waals surface area contributed by atoms with Gasteiger partial charge in [0.25, 0.3) is 5.91 Å². The third-order valence-electron chi connectivity index (χ3n) is 6.15. The van der Waals surface area contributed by atoms with Crippen molar-refractivity contribution in [1.29, 1.82) is 0 Å². The van der Waals surface area contributed by atoms with Gasteiger partial charge in [-0.15, -0.1) is 0 Å². The van der Waals surface area contributed by atoms with Crippen molar-refractivity contribution in [2.75, 3.05) is 44.7 Å². The summed E-state index contributed by atoms with van der Waals surface area (Å²) < 4.78 is 47.1. The molecule has 1 heterocycles. The van der Waals surface area contributed by atoms with Crippen molar-refractivity contribution in [3.05, 3.63) is 87.7 Å². The molecule has 11 heteroatoms. The van der Waals surface area contributed by atoms with Crippen LogP contribution in [0.2, 0.25) is 10.0 Å². The molecule has 1 aliphatic heterocycles. The summed E-state index contributed by atoms with van der Waals surface area (Å²) in [6, 6.07) is 15.4. The van der Waals surface area contributed by atoms with Gasteiger partial charge in [0.05, 0.1) is 27.7 Å². The van der Waals surface area contributed by atoms with Gasteiger partial charge in [-0.25, -0.2) is 17.5 Å². The van der Waals surface area contributed by atoms with E-state index in [-0.39, 0.29) is 23.2 Å². The predicted molar refractivity (Wildman–Crippen MR) is 143 cm³/mol. The summed E-state index contributed by atoms with van der Waals surface area (Å²) in [6.45, 7) is 2.03. The lowest BCUT2D eigenvalue weighted by Crippen LogP contribution is -2.49. The number of carbonyl (C=O) groups is 1. The molecule has 196 valence electrons. The summed E-state index contributed by atoms with van der Waals surface area (Å²) >= 11 is 12.0. The molecule has 1 N–H and O–H groups in total. The maximum absolute atomic E-state index is 13.1. The molecule has 0 atom stereocenters. The van der Waals surface area contributed by atoms with Gasteiger partial charge in [0.2, 0.25) is 10.0 Å². The number of halogens is 3. The second-order valence-corrected chi connectivity index (χ2v) is 11.1. The van der Waals surface area contributed by atoms with E-state index in [1.807, 2.05) is 4.90 Å². The number of anilines is 1. The van der Waals surface area contributed by atoms with Crippen LogP contribution in [0.5, 0.6) is 5.75 Å². The molecule has 37 heavy (non-hydrogen) atoms. The number of carbonyl (C=O) groups excluding carboxylic acids is 1. The molecule has 0 unspecified atom stereocenters. The Morgan fingerprint density at radius 1 is 0.973 bits per heavy atom. The van der Waals surface area contributed by atoms with E-state index in [4.69, 9.17) is 27.9 Å². The maximum Gasteiger partial charge on any atom is 0.254 e. The molecule has 1 fully saturated rings. The first-order chi connectivity index (χ1) is 17.7. The molecule has 0 spiro atoms. The number of hydrogen-bond donors (Lipinski definition) is 1. The summed E-state index contributed by atoms with van der Waals surface area (Å²) in [5, 5.41) is 0.704. The second-order valence-electron chi connectivity index (χ2n) is 8.52. The number of rotatable bonds is 8. The summed E-state index contributed by atoms with van der Waals surface area (Å²) in [6.07, 6.45) is 0.428. The van der Waals surface area contributed by atoms with Crippen LogP contribution < -0.4 is 14.4 Å². The Balaban J connectivity index is 1.43. The lowest BCUT2D eigenvalue weighted by molar-refractivity contribution is 0.0746. The van der Waals surface area contributed by atoms with Gasteiger partial charge in [-0.3, -0.25) is 4.79 Å². The van der Waals surface area contributed by atoms with E-state index in [0.717, 1.165) is 5.56 Å². The highest BCUT2D eigenvalue weighted by atomic mass is 35.5. The lowest BCUT2D eigenvalue weighted by Gasteiger charge is -2.36. The van der Waals surface area contributed by atoms with Crippen molar-refractivity contribution < 1.29 is 22.3 Å². The standard InChI is InChI=1S/C26H26Cl2FN3O4S/c1-36-25-9-7-21(37(34,35)30-11-10-18-2-5-20(29)6-3-18)17-24(25)31-12-14-32(15-13-31)26(33)19-4-8-22(27)23(28)16-19/h2-9,16-17,30H,10-15H2,1H3. The molecule has 1 saturated heterocycles. The van der Waals surface area contributed by atoms with Gasteiger partial charge in [-0.1, -0.05) is 35.3 Å². The summed E-state index contributed by atoms with van der Waals surface area (Å²) in [4.78, 5) is 16.7. The van der Waals surface area contributed by atoms with Crippen LogP contribution in [0.15, 0.2) is 65.6 Å². The second kappa shape index (κ2) is 11.7. The van der Waals surface area contributed by atoms with Crippen molar-refractivity contribution in [3.8, 4) is 5.75 Å². The largest absolute Gasteiger partial charge is 0.495 e. The van der Waals surface area contributed by atoms with Crippen LogP contribution in [-0.2, 0) is 16.4 Å². The number of piperazine rings is 1. The first kappa shape index (κ1) is 27.2. The first-order valence-electron chi connectivity index (χ1n) is 11.6. The van der Waals surface area contributed by atoms with Crippen LogP contribution in [0, 0.1) is 5.82 Å². The topological polar surface area (TPSA) is 79.0 Å². The van der Waals surface area contributed by atoms with Crippen LogP contribution >= 0.6 is 23.2 Å². The highest BCUT2D eigenvalue weighted by molar-refractivity contribution is 7.89. The fraction of sp³-hybridized carbons (Fsp3) is 0.269. The van der Waals surface area contributed by atoms with Crippen LogP contribution in [0.3, 0.4) is 0 Å². The smallest absolute Gasteiger partial charge is 0.254 e. The minimum Gasteiger partial charge on any atom is -0.495 e. The number of methoxy groups -OCH3 is 1. The highest BCUT2D eigenvalue weighted by Crippen LogP contribution is 2.32. The van der Waals surface area contributed by atoms with Crippen molar-refractivity contribution >= 4 is 44.8 Å². The highest BCUT2D eigenvalue weighted by Gasteiger charge is 2.26. The average Bonchev–Trinajstić information content (AvgIpc) is 2.90. The lowest BCUT2D eigenvalue weighted by atomic mass is 10.1. The number of nitrogens with zero attached hydrogens (tertiary/aromatic N) is 2. The van der Waals surface area contributed by atoms with Crippen LogP contribution in [0.1, 0.15) is 15.9 Å². The van der Waals surface area contributed by atoms with Crippen LogP contribution in [0.25, 0.3) is 0 Å². The van der Waals surface area contributed by atoms with Gasteiger partial charge in [-0.2, -0.15) is 0 Å². The molecular weight excluding hydrogens is 540 g/mol. The zero-order valence-corrected chi connectivity index (χ0v) is 22.4. The third-order valence-corrected chi connectivity index (χ3v) is 8.35. The Kier molecular flexibility index (Phi) is 8.59. The quantitative estimate of drug-likeness (QED) is 0.431. The van der Waals surface area contributed by atoms with E-state index in [1.165, 1.54) is 25.3 Å². The number of amides is 1. The maximum atomic E-state index is 13.1. The van der Waals surface area contributed by atoms with E-state index in [9.17, 15) is 17.6 Å². The van der Waals surface area contributed by atoms with Gasteiger partial charge in [-0.05, 0) is 60.5 Å². The van der Waals surface area contributed by atoms with Crippen molar-refractivity contribution in [1.82, 2.24) is 9.62 Å². The predicted octanol–water partition coefficient (Wildman–Crippen LogP) is 4.62. The first-order valence-corrected chi connectivity index (χ1v) is 13.8. The normalized spacial score (nSPS) is 14.1.